The van der Waals surface area contributed by atoms with Gasteiger partial charge in [0.05, 0.1) is 12.5 Å². The molecule has 0 aliphatic rings. The average Bonchev–Trinajstić information content (AvgIpc) is 1.61. The Labute approximate surface area is 37.9 Å². The fourth-order valence-electron chi connectivity index (χ4n) is 0.134. The summed E-state index contributed by atoms with van der Waals surface area (Å²) < 4.78 is 4.57. The topological polar surface area (TPSA) is 9.23 Å². The minimum Gasteiger partial charge on any atom is -0.474 e. The number of ether oxygens (including phenoxy) is 1. The van der Waals surface area contributed by atoms with Gasteiger partial charge in [0.15, 0.2) is 0 Å². The maximum atomic E-state index is 4.57. The van der Waals surface area contributed by atoms with Crippen LogP contribution in [0.3, 0.4) is 0 Å². The molecule has 0 amide bonds. The number of hydrogen-bond donors (Lipinski definition) is 0. The predicted molar refractivity (Wildman–Crippen MR) is 26.1 cm³/mol. The summed E-state index contributed by atoms with van der Waals surface area (Å²) in [6.45, 7) is 5.20. The Morgan fingerprint density at radius 3 is 2.50 bits per heavy atom. The van der Waals surface area contributed by atoms with Gasteiger partial charge in [-0.2, -0.15) is 0 Å². The van der Waals surface area contributed by atoms with E-state index in [1.54, 1.807) is 12.3 Å². The summed E-state index contributed by atoms with van der Waals surface area (Å²) in [5, 5.41) is 0. The van der Waals surface area contributed by atoms with Crippen molar-refractivity contribution in [3.8, 4) is 0 Å². The molecule has 34 valence electrons. The molecule has 0 spiro atoms. The van der Waals surface area contributed by atoms with E-state index in [4.69, 9.17) is 0 Å². The first kappa shape index (κ1) is 5.28. The standard InChI is InChI=1S/C5H8O/c1-3-5-6-4-2/h3-5H,2H2,1H3/b5-3-. The van der Waals surface area contributed by atoms with Crippen molar-refractivity contribution in [1.82, 2.24) is 0 Å². The molecule has 0 rings (SSSR count). The molecule has 0 bridgehead atoms. The molecule has 0 aromatic heterocycles. The highest BCUT2D eigenvalue weighted by atomic mass is 16.5. The average molecular weight is 84.1 g/mol. The van der Waals surface area contributed by atoms with Gasteiger partial charge in [0.25, 0.3) is 0 Å². The summed E-state index contributed by atoms with van der Waals surface area (Å²) >= 11 is 0. The third kappa shape index (κ3) is 3.28. The highest BCUT2D eigenvalue weighted by molar-refractivity contribution is 4.68. The number of allylic oxidation sites excluding steroid dienone is 1. The van der Waals surface area contributed by atoms with Crippen LogP contribution < -0.4 is 0 Å². The smallest absolute Gasteiger partial charge is 0.0858 e. The molecule has 0 aliphatic heterocycles. The molecule has 0 heterocycles. The van der Waals surface area contributed by atoms with Gasteiger partial charge in [-0.05, 0) is 6.92 Å². The fourth-order valence-corrected chi connectivity index (χ4v) is 0.134. The van der Waals surface area contributed by atoms with E-state index in [1.807, 2.05) is 6.92 Å². The third-order valence-electron chi connectivity index (χ3n) is 0.311. The van der Waals surface area contributed by atoms with E-state index < -0.39 is 0 Å². The molecule has 0 saturated carbocycles. The second-order valence-electron chi connectivity index (χ2n) is 0.772. The van der Waals surface area contributed by atoms with Gasteiger partial charge in [0.1, 0.15) is 0 Å². The Morgan fingerprint density at radius 2 is 2.33 bits per heavy atom. The van der Waals surface area contributed by atoms with Gasteiger partial charge in [-0.3, -0.25) is 0 Å². The summed E-state index contributed by atoms with van der Waals surface area (Å²) in [7, 11) is 0. The van der Waals surface area contributed by atoms with Crippen molar-refractivity contribution >= 4 is 0 Å². The van der Waals surface area contributed by atoms with Crippen LogP contribution in [0.15, 0.2) is 25.2 Å². The molecule has 0 aromatic rings. The first-order valence-corrected chi connectivity index (χ1v) is 1.79. The minimum atomic E-state index is 1.38. The largest absolute Gasteiger partial charge is 0.474 e. The number of hydrogen-bond acceptors (Lipinski definition) is 1. The maximum absolute atomic E-state index is 4.57. The second kappa shape index (κ2) is 4.28. The van der Waals surface area contributed by atoms with Gasteiger partial charge in [-0.1, -0.05) is 12.7 Å². The Kier molecular flexibility index (Phi) is 3.77. The van der Waals surface area contributed by atoms with E-state index in [0.717, 1.165) is 0 Å². The monoisotopic (exact) mass is 84.1 g/mol. The normalized spacial score (nSPS) is 8.83. The summed E-state index contributed by atoms with van der Waals surface area (Å²) in [5.41, 5.74) is 0. The van der Waals surface area contributed by atoms with Crippen LogP contribution in [0.25, 0.3) is 0 Å². The molecule has 1 nitrogen and oxygen atoms in total. The quantitative estimate of drug-likeness (QED) is 0.462. The van der Waals surface area contributed by atoms with Crippen LogP contribution in [0, 0.1) is 0 Å². The highest BCUT2D eigenvalue weighted by Gasteiger charge is 1.53. The summed E-state index contributed by atoms with van der Waals surface area (Å²) in [4.78, 5) is 0. The zero-order valence-electron chi connectivity index (χ0n) is 3.85. The Balaban J connectivity index is 2.85. The zero-order valence-corrected chi connectivity index (χ0v) is 3.85. The number of rotatable bonds is 2. The van der Waals surface area contributed by atoms with Gasteiger partial charge >= 0.3 is 0 Å². The van der Waals surface area contributed by atoms with E-state index in [-0.39, 0.29) is 0 Å². The van der Waals surface area contributed by atoms with E-state index in [2.05, 4.69) is 11.3 Å². The van der Waals surface area contributed by atoms with Crippen molar-refractivity contribution in [2.75, 3.05) is 0 Å². The molecule has 0 aliphatic carbocycles. The Hall–Kier alpha value is -0.720. The lowest BCUT2D eigenvalue weighted by atomic mass is 10.7. The molecule has 0 fully saturated rings. The first-order chi connectivity index (χ1) is 2.91. The van der Waals surface area contributed by atoms with E-state index in [0.29, 0.717) is 0 Å². The van der Waals surface area contributed by atoms with Crippen LogP contribution in [0.2, 0.25) is 0 Å². The molecular weight excluding hydrogens is 76.1 g/mol. The van der Waals surface area contributed by atoms with Crippen molar-refractivity contribution in [3.63, 3.8) is 0 Å². The lowest BCUT2D eigenvalue weighted by molar-refractivity contribution is 0.404. The second-order valence-corrected chi connectivity index (χ2v) is 0.772. The van der Waals surface area contributed by atoms with Gasteiger partial charge in [-0.25, -0.2) is 0 Å². The van der Waals surface area contributed by atoms with Crippen molar-refractivity contribution < 1.29 is 4.74 Å². The predicted octanol–water partition coefficient (Wildman–Crippen LogP) is 1.68. The Bertz CT molecular complexity index is 55.0. The first-order valence-electron chi connectivity index (χ1n) is 1.79. The van der Waals surface area contributed by atoms with Crippen LogP contribution in [-0.2, 0) is 4.74 Å². The minimum absolute atomic E-state index is 1.38. The Morgan fingerprint density at radius 1 is 1.67 bits per heavy atom. The molecular formula is C5H8O. The van der Waals surface area contributed by atoms with E-state index in [9.17, 15) is 0 Å². The van der Waals surface area contributed by atoms with Crippen LogP contribution in [-0.4, -0.2) is 0 Å². The lowest BCUT2D eigenvalue weighted by Gasteiger charge is -1.79. The molecule has 6 heavy (non-hydrogen) atoms. The van der Waals surface area contributed by atoms with Crippen LogP contribution in [0.4, 0.5) is 0 Å². The molecule has 0 N–H and O–H groups in total. The van der Waals surface area contributed by atoms with Crippen molar-refractivity contribution in [2.24, 2.45) is 0 Å². The molecule has 1 heteroatoms. The summed E-state index contributed by atoms with van der Waals surface area (Å²) in [5.74, 6) is 0. The fraction of sp³-hybridized carbons (Fsp3) is 0.200. The van der Waals surface area contributed by atoms with Crippen molar-refractivity contribution in [3.05, 3.63) is 25.2 Å². The van der Waals surface area contributed by atoms with Gasteiger partial charge in [-0.15, -0.1) is 0 Å². The van der Waals surface area contributed by atoms with Crippen LogP contribution in [0.5, 0.6) is 0 Å². The summed E-state index contributed by atoms with van der Waals surface area (Å²) in [6.07, 6.45) is 4.73. The third-order valence-corrected chi connectivity index (χ3v) is 0.311. The van der Waals surface area contributed by atoms with E-state index >= 15 is 0 Å². The van der Waals surface area contributed by atoms with E-state index in [1.165, 1.54) is 6.26 Å². The molecule has 0 unspecified atom stereocenters. The summed E-state index contributed by atoms with van der Waals surface area (Å²) in [6, 6.07) is 0. The zero-order chi connectivity index (χ0) is 4.83. The lowest BCUT2D eigenvalue weighted by Crippen LogP contribution is -1.56. The van der Waals surface area contributed by atoms with Gasteiger partial charge < -0.3 is 4.74 Å². The molecule has 0 atom stereocenters. The SMILES string of the molecule is C=CO/C=C\C. The van der Waals surface area contributed by atoms with Crippen LogP contribution in [0.1, 0.15) is 6.92 Å². The van der Waals surface area contributed by atoms with Crippen molar-refractivity contribution in [1.29, 1.82) is 0 Å². The van der Waals surface area contributed by atoms with Gasteiger partial charge in [0, 0.05) is 0 Å². The van der Waals surface area contributed by atoms with Crippen molar-refractivity contribution in [2.45, 2.75) is 6.92 Å². The molecule has 0 radical (unpaired) electrons. The highest BCUT2D eigenvalue weighted by Crippen LogP contribution is 1.72. The van der Waals surface area contributed by atoms with Gasteiger partial charge in [0.2, 0.25) is 0 Å². The molecule has 0 aromatic carbocycles. The van der Waals surface area contributed by atoms with Crippen LogP contribution >= 0.6 is 0 Å². The maximum Gasteiger partial charge on any atom is 0.0858 e. The molecule has 0 saturated heterocycles.